The van der Waals surface area contributed by atoms with Crippen molar-refractivity contribution >= 4 is 11.7 Å². The maximum Gasteiger partial charge on any atom is 0.255 e. The van der Waals surface area contributed by atoms with Crippen molar-refractivity contribution in [3.05, 3.63) is 29.7 Å². The molecule has 78 valence electrons. The Bertz CT molecular complexity index is 425. The predicted molar refractivity (Wildman–Crippen MR) is 57.4 cm³/mol. The molecule has 1 atom stereocenters. The molecular formula is C11H13N3O. The third-order valence-electron chi connectivity index (χ3n) is 2.94. The first-order valence-corrected chi connectivity index (χ1v) is 4.90. The van der Waals surface area contributed by atoms with E-state index in [0.29, 0.717) is 5.82 Å². The van der Waals surface area contributed by atoms with Gasteiger partial charge in [-0.1, -0.05) is 0 Å². The minimum absolute atomic E-state index is 0.0282. The first-order chi connectivity index (χ1) is 7.13. The first kappa shape index (κ1) is 9.83. The third-order valence-corrected chi connectivity index (χ3v) is 2.94. The number of anilines is 1. The number of amides is 1. The summed E-state index contributed by atoms with van der Waals surface area (Å²) in [7, 11) is 0. The summed E-state index contributed by atoms with van der Waals surface area (Å²) < 4.78 is 0. The number of carbonyl (C=O) groups excluding carboxylic acids is 1. The Hall–Kier alpha value is -1.71. The summed E-state index contributed by atoms with van der Waals surface area (Å²) in [5.41, 5.74) is 1.92. The molecule has 0 spiro atoms. The number of aromatic nitrogens is 2. The van der Waals surface area contributed by atoms with Crippen LogP contribution in [0.5, 0.6) is 0 Å². The molecule has 1 aromatic rings. The van der Waals surface area contributed by atoms with E-state index in [4.69, 9.17) is 0 Å². The lowest BCUT2D eigenvalue weighted by molar-refractivity contribution is -0.114. The van der Waals surface area contributed by atoms with E-state index in [1.807, 2.05) is 20.8 Å². The van der Waals surface area contributed by atoms with Crippen molar-refractivity contribution in [3.63, 3.8) is 0 Å². The van der Waals surface area contributed by atoms with Gasteiger partial charge in [0.2, 0.25) is 0 Å². The smallest absolute Gasteiger partial charge is 0.255 e. The van der Waals surface area contributed by atoms with Crippen LogP contribution in [0.1, 0.15) is 20.8 Å². The Morgan fingerprint density at radius 2 is 2.07 bits per heavy atom. The van der Waals surface area contributed by atoms with Crippen molar-refractivity contribution in [1.29, 1.82) is 0 Å². The van der Waals surface area contributed by atoms with Crippen molar-refractivity contribution in [1.82, 2.24) is 9.97 Å². The van der Waals surface area contributed by atoms with Crippen LogP contribution in [-0.2, 0) is 4.79 Å². The van der Waals surface area contributed by atoms with E-state index < -0.39 is 0 Å². The van der Waals surface area contributed by atoms with Crippen LogP contribution < -0.4 is 4.90 Å². The average Bonchev–Trinajstić information content (AvgIpc) is 2.45. The van der Waals surface area contributed by atoms with Gasteiger partial charge in [0, 0.05) is 18.0 Å². The summed E-state index contributed by atoms with van der Waals surface area (Å²) in [5, 5.41) is 0. The van der Waals surface area contributed by atoms with Crippen molar-refractivity contribution < 1.29 is 4.79 Å². The van der Waals surface area contributed by atoms with Crippen molar-refractivity contribution in [3.8, 4) is 0 Å². The highest BCUT2D eigenvalue weighted by atomic mass is 16.2. The molecule has 0 aromatic carbocycles. The second kappa shape index (κ2) is 3.46. The fourth-order valence-electron chi connectivity index (χ4n) is 1.75. The molecule has 2 heterocycles. The maximum atomic E-state index is 11.9. The second-order valence-corrected chi connectivity index (χ2v) is 3.72. The molecule has 2 rings (SSSR count). The number of hydrogen-bond acceptors (Lipinski definition) is 3. The Labute approximate surface area is 88.7 Å². The van der Waals surface area contributed by atoms with Crippen molar-refractivity contribution in [2.45, 2.75) is 26.8 Å². The molecule has 0 radical (unpaired) electrons. The zero-order chi connectivity index (χ0) is 11.0. The molecule has 0 fully saturated rings. The summed E-state index contributed by atoms with van der Waals surface area (Å²) in [6.07, 6.45) is 4.81. The zero-order valence-electron chi connectivity index (χ0n) is 9.06. The molecule has 0 aliphatic carbocycles. The summed E-state index contributed by atoms with van der Waals surface area (Å²) in [6.45, 7) is 5.83. The number of hydrogen-bond donors (Lipinski definition) is 0. The van der Waals surface area contributed by atoms with E-state index >= 15 is 0 Å². The summed E-state index contributed by atoms with van der Waals surface area (Å²) >= 11 is 0. The molecule has 1 aliphatic rings. The highest BCUT2D eigenvalue weighted by molar-refractivity contribution is 6.08. The Morgan fingerprint density at radius 3 is 2.53 bits per heavy atom. The van der Waals surface area contributed by atoms with Crippen LogP contribution in [0.15, 0.2) is 29.7 Å². The van der Waals surface area contributed by atoms with Gasteiger partial charge in [-0.25, -0.2) is 4.98 Å². The van der Waals surface area contributed by atoms with Gasteiger partial charge in [-0.3, -0.25) is 14.7 Å². The molecule has 0 N–H and O–H groups in total. The van der Waals surface area contributed by atoms with E-state index in [0.717, 1.165) is 11.1 Å². The second-order valence-electron chi connectivity index (χ2n) is 3.72. The number of rotatable bonds is 1. The summed E-state index contributed by atoms with van der Waals surface area (Å²) in [5.74, 6) is 0.645. The lowest BCUT2D eigenvalue weighted by Crippen LogP contribution is -2.34. The van der Waals surface area contributed by atoms with E-state index in [2.05, 4.69) is 9.97 Å². The molecule has 0 saturated carbocycles. The van der Waals surface area contributed by atoms with Gasteiger partial charge in [0.25, 0.3) is 5.91 Å². The monoisotopic (exact) mass is 203 g/mol. The minimum atomic E-state index is 0.0282. The normalized spacial score (nSPS) is 21.4. The van der Waals surface area contributed by atoms with Crippen LogP contribution >= 0.6 is 0 Å². The Morgan fingerprint density at radius 1 is 1.33 bits per heavy atom. The van der Waals surface area contributed by atoms with Gasteiger partial charge in [0.15, 0.2) is 5.82 Å². The molecule has 1 aliphatic heterocycles. The molecule has 1 amide bonds. The van der Waals surface area contributed by atoms with Crippen molar-refractivity contribution in [2.24, 2.45) is 0 Å². The predicted octanol–water partition coefficient (Wildman–Crippen LogP) is 1.55. The molecule has 15 heavy (non-hydrogen) atoms. The molecular weight excluding hydrogens is 190 g/mol. The van der Waals surface area contributed by atoms with Gasteiger partial charge in [0.05, 0.1) is 12.2 Å². The van der Waals surface area contributed by atoms with Gasteiger partial charge in [-0.15, -0.1) is 0 Å². The van der Waals surface area contributed by atoms with Gasteiger partial charge < -0.3 is 0 Å². The van der Waals surface area contributed by atoms with Gasteiger partial charge in [0.1, 0.15) is 0 Å². The molecule has 4 nitrogen and oxygen atoms in total. The SMILES string of the molecule is CC1=C(C)C(C)N(c2cnccn2)C1=O. The van der Waals surface area contributed by atoms with Crippen molar-refractivity contribution in [2.75, 3.05) is 4.90 Å². The standard InChI is InChI=1S/C11H13N3O/c1-7-8(2)11(15)14(9(7)3)10-6-12-4-5-13-10/h4-6,9H,1-3H3. The Kier molecular flexibility index (Phi) is 2.26. The topological polar surface area (TPSA) is 46.1 Å². The Balaban J connectivity index is 2.39. The summed E-state index contributed by atoms with van der Waals surface area (Å²) in [4.78, 5) is 21.7. The molecule has 0 saturated heterocycles. The van der Waals surface area contributed by atoms with Gasteiger partial charge >= 0.3 is 0 Å². The zero-order valence-corrected chi connectivity index (χ0v) is 9.06. The highest BCUT2D eigenvalue weighted by Crippen LogP contribution is 2.28. The molecule has 4 heteroatoms. The third kappa shape index (κ3) is 1.42. The van der Waals surface area contributed by atoms with Crippen LogP contribution in [0, 0.1) is 0 Å². The fraction of sp³-hybridized carbons (Fsp3) is 0.364. The minimum Gasteiger partial charge on any atom is -0.285 e. The van der Waals surface area contributed by atoms with E-state index in [9.17, 15) is 4.79 Å². The highest BCUT2D eigenvalue weighted by Gasteiger charge is 2.33. The molecule has 0 bridgehead atoms. The lowest BCUT2D eigenvalue weighted by atomic mass is 10.1. The van der Waals surface area contributed by atoms with Crippen LogP contribution in [0.25, 0.3) is 0 Å². The van der Waals surface area contributed by atoms with Gasteiger partial charge in [-0.05, 0) is 26.3 Å². The lowest BCUT2D eigenvalue weighted by Gasteiger charge is -2.21. The van der Waals surface area contributed by atoms with Crippen LogP contribution in [0.4, 0.5) is 5.82 Å². The number of carbonyl (C=O) groups is 1. The first-order valence-electron chi connectivity index (χ1n) is 4.90. The molecule has 1 unspecified atom stereocenters. The molecule has 1 aromatic heterocycles. The van der Waals surface area contributed by atoms with E-state index in [1.165, 1.54) is 0 Å². The van der Waals surface area contributed by atoms with Crippen LogP contribution in [-0.4, -0.2) is 21.9 Å². The van der Waals surface area contributed by atoms with Gasteiger partial charge in [-0.2, -0.15) is 0 Å². The van der Waals surface area contributed by atoms with E-state index in [-0.39, 0.29) is 11.9 Å². The maximum absolute atomic E-state index is 11.9. The van der Waals surface area contributed by atoms with Crippen LogP contribution in [0.3, 0.4) is 0 Å². The number of nitrogens with zero attached hydrogens (tertiary/aromatic N) is 3. The van der Waals surface area contributed by atoms with Crippen LogP contribution in [0.2, 0.25) is 0 Å². The summed E-state index contributed by atoms with van der Waals surface area (Å²) in [6, 6.07) is 0.0780. The van der Waals surface area contributed by atoms with E-state index in [1.54, 1.807) is 23.5 Å². The fourth-order valence-corrected chi connectivity index (χ4v) is 1.75. The largest absolute Gasteiger partial charge is 0.285 e. The average molecular weight is 203 g/mol. The quantitative estimate of drug-likeness (QED) is 0.695.